The number of aromatic hydroxyl groups is 7. The van der Waals surface area contributed by atoms with Crippen LogP contribution in [0.25, 0.3) is 34.4 Å². The second-order valence-corrected chi connectivity index (χ2v) is 9.61. The first kappa shape index (κ1) is 30.6. The van der Waals surface area contributed by atoms with Crippen LogP contribution in [0.5, 0.6) is 51.7 Å². The summed E-state index contributed by atoms with van der Waals surface area (Å²) in [6.45, 7) is 0. The Balaban J connectivity index is 1.51. The van der Waals surface area contributed by atoms with Crippen molar-refractivity contribution in [1.82, 2.24) is 0 Å². The molecule has 0 fully saturated rings. The zero-order valence-corrected chi connectivity index (χ0v) is 23.2. The van der Waals surface area contributed by atoms with Gasteiger partial charge in [-0.2, -0.15) is 0 Å². The van der Waals surface area contributed by atoms with Gasteiger partial charge in [0.2, 0.25) is 11.2 Å². The van der Waals surface area contributed by atoms with Crippen LogP contribution in [0.4, 0.5) is 0 Å². The molecule has 1 aromatic heterocycles. The van der Waals surface area contributed by atoms with E-state index in [-0.39, 0.29) is 28.4 Å². The maximum absolute atomic E-state index is 13.6. The third-order valence-electron chi connectivity index (χ3n) is 6.39. The normalized spacial score (nSPS) is 11.3. The van der Waals surface area contributed by atoms with Crippen LogP contribution >= 0.6 is 0 Å². The van der Waals surface area contributed by atoms with Crippen LogP contribution < -0.4 is 14.9 Å². The minimum Gasteiger partial charge on any atom is -0.507 e. The number of hydrogen-bond donors (Lipinski definition) is 7. The number of fused-ring (bicyclic) bond motifs is 1. The molecule has 0 bridgehead atoms. The maximum atomic E-state index is 13.6. The highest BCUT2D eigenvalue weighted by Gasteiger charge is 2.23. The Morgan fingerprint density at radius 3 is 1.65 bits per heavy atom. The van der Waals surface area contributed by atoms with E-state index in [0.29, 0.717) is 11.1 Å². The fraction of sp³-hybridized carbons (Fsp3) is 0. The molecule has 5 rings (SSSR count). The van der Waals surface area contributed by atoms with Gasteiger partial charge < -0.3 is 49.6 Å². The second-order valence-electron chi connectivity index (χ2n) is 9.61. The Morgan fingerprint density at radius 1 is 0.587 bits per heavy atom. The SMILES string of the molecule is O=C(C=Cc1ccc(O)c(O)c1)Oc1cc(O)c2c(=O)c(OC(=O)C=Cc3ccc(O)c(O)c3)c(-c3ccc(O)c(O)c3)oc2c1. The second kappa shape index (κ2) is 12.4. The molecule has 5 aromatic rings. The predicted molar refractivity (Wildman–Crippen MR) is 162 cm³/mol. The van der Waals surface area contributed by atoms with Crippen molar-refractivity contribution in [2.45, 2.75) is 0 Å². The van der Waals surface area contributed by atoms with Crippen LogP contribution in [0.2, 0.25) is 0 Å². The molecule has 0 radical (unpaired) electrons. The van der Waals surface area contributed by atoms with E-state index in [1.54, 1.807) is 0 Å². The average molecular weight is 627 g/mol. The third-order valence-corrected chi connectivity index (χ3v) is 6.39. The van der Waals surface area contributed by atoms with Gasteiger partial charge in [0.05, 0.1) is 0 Å². The van der Waals surface area contributed by atoms with E-state index in [0.717, 1.165) is 36.4 Å². The molecular formula is C33H22O13. The molecule has 7 N–H and O–H groups in total. The molecular weight excluding hydrogens is 604 g/mol. The first-order valence-corrected chi connectivity index (χ1v) is 13.1. The lowest BCUT2D eigenvalue weighted by atomic mass is 10.1. The average Bonchev–Trinajstić information content (AvgIpc) is 3.00. The van der Waals surface area contributed by atoms with E-state index in [1.807, 2.05) is 0 Å². The zero-order chi connectivity index (χ0) is 33.1. The van der Waals surface area contributed by atoms with Crippen LogP contribution in [0.15, 0.2) is 88.1 Å². The summed E-state index contributed by atoms with van der Waals surface area (Å²) in [5.41, 5.74) is -0.684. The Labute approximate surface area is 257 Å². The van der Waals surface area contributed by atoms with Crippen molar-refractivity contribution in [3.8, 4) is 63.1 Å². The summed E-state index contributed by atoms with van der Waals surface area (Å²) in [5.74, 6) is -6.69. The molecule has 232 valence electrons. The number of rotatable bonds is 7. The molecule has 0 saturated heterocycles. The van der Waals surface area contributed by atoms with E-state index in [1.165, 1.54) is 54.6 Å². The standard InChI is InChI=1S/C33H22O13/c34-20-6-1-16(11-23(20)37)3-9-28(41)44-19-14-26(40)30-27(15-19)45-32(18-5-8-22(36)25(39)13-18)33(31(30)43)46-29(42)10-4-17-2-7-21(35)24(38)12-17/h1-15,34-40H. The number of carbonyl (C=O) groups excluding carboxylic acids is 2. The van der Waals surface area contributed by atoms with E-state index < -0.39 is 63.0 Å². The minimum atomic E-state index is -1.08. The van der Waals surface area contributed by atoms with Crippen molar-refractivity contribution in [3.63, 3.8) is 0 Å². The van der Waals surface area contributed by atoms with Gasteiger partial charge in [-0.3, -0.25) is 4.79 Å². The van der Waals surface area contributed by atoms with Crippen LogP contribution in [-0.4, -0.2) is 47.7 Å². The Bertz CT molecular complexity index is 2140. The zero-order valence-electron chi connectivity index (χ0n) is 23.2. The van der Waals surface area contributed by atoms with Crippen LogP contribution in [0.3, 0.4) is 0 Å². The van der Waals surface area contributed by atoms with Gasteiger partial charge in [-0.15, -0.1) is 0 Å². The predicted octanol–water partition coefficient (Wildman–Crippen LogP) is 4.64. The molecule has 1 heterocycles. The van der Waals surface area contributed by atoms with Crippen LogP contribution in [-0.2, 0) is 9.59 Å². The van der Waals surface area contributed by atoms with E-state index in [9.17, 15) is 50.1 Å². The van der Waals surface area contributed by atoms with Gasteiger partial charge in [0, 0.05) is 29.8 Å². The van der Waals surface area contributed by atoms with Crippen molar-refractivity contribution in [1.29, 1.82) is 0 Å². The third kappa shape index (κ3) is 6.53. The molecule has 0 amide bonds. The van der Waals surface area contributed by atoms with Gasteiger partial charge in [-0.1, -0.05) is 12.1 Å². The quantitative estimate of drug-likeness (QED) is 0.0567. The molecule has 0 spiro atoms. The largest absolute Gasteiger partial charge is 0.507 e. The highest BCUT2D eigenvalue weighted by Crippen LogP contribution is 2.39. The summed E-state index contributed by atoms with van der Waals surface area (Å²) in [5, 5.41) is 68.3. The number of benzene rings is 4. The molecule has 0 saturated carbocycles. The van der Waals surface area contributed by atoms with Crippen molar-refractivity contribution < 1.29 is 59.2 Å². The summed E-state index contributed by atoms with van der Waals surface area (Å²) in [6.07, 6.45) is 4.44. The summed E-state index contributed by atoms with van der Waals surface area (Å²) >= 11 is 0. The van der Waals surface area contributed by atoms with Gasteiger partial charge in [-0.05, 0) is 65.7 Å². The highest BCUT2D eigenvalue weighted by molar-refractivity contribution is 5.94. The molecule has 46 heavy (non-hydrogen) atoms. The fourth-order valence-corrected chi connectivity index (χ4v) is 4.17. The van der Waals surface area contributed by atoms with Crippen molar-refractivity contribution in [2.75, 3.05) is 0 Å². The van der Waals surface area contributed by atoms with Gasteiger partial charge in [0.1, 0.15) is 22.5 Å². The van der Waals surface area contributed by atoms with E-state index in [2.05, 4.69) is 0 Å². The lowest BCUT2D eigenvalue weighted by Gasteiger charge is -2.12. The monoisotopic (exact) mass is 626 g/mol. The number of carbonyl (C=O) groups is 2. The summed E-state index contributed by atoms with van der Waals surface area (Å²) in [7, 11) is 0. The number of hydrogen-bond acceptors (Lipinski definition) is 13. The summed E-state index contributed by atoms with van der Waals surface area (Å²) in [4.78, 5) is 38.8. The molecule has 4 aromatic carbocycles. The number of ether oxygens (including phenoxy) is 2. The molecule has 0 aliphatic rings. The summed E-state index contributed by atoms with van der Waals surface area (Å²) in [6, 6.07) is 13.0. The maximum Gasteiger partial charge on any atom is 0.336 e. The molecule has 0 atom stereocenters. The van der Waals surface area contributed by atoms with Gasteiger partial charge in [0.15, 0.2) is 40.3 Å². The van der Waals surface area contributed by atoms with Crippen molar-refractivity contribution >= 4 is 35.1 Å². The van der Waals surface area contributed by atoms with Gasteiger partial charge in [0.25, 0.3) is 0 Å². The van der Waals surface area contributed by atoms with Gasteiger partial charge >= 0.3 is 11.9 Å². The summed E-state index contributed by atoms with van der Waals surface area (Å²) < 4.78 is 16.3. The Morgan fingerprint density at radius 2 is 1.11 bits per heavy atom. The lowest BCUT2D eigenvalue weighted by Crippen LogP contribution is -2.14. The Hall–Kier alpha value is -6.89. The fourth-order valence-electron chi connectivity index (χ4n) is 4.17. The molecule has 13 heteroatoms. The van der Waals surface area contributed by atoms with Crippen molar-refractivity contribution in [3.05, 3.63) is 100 Å². The smallest absolute Gasteiger partial charge is 0.336 e. The van der Waals surface area contributed by atoms with Crippen LogP contribution in [0.1, 0.15) is 11.1 Å². The first-order chi connectivity index (χ1) is 21.9. The van der Waals surface area contributed by atoms with Crippen LogP contribution in [0, 0.1) is 0 Å². The topological polar surface area (TPSA) is 224 Å². The molecule has 0 aliphatic heterocycles. The lowest BCUT2D eigenvalue weighted by molar-refractivity contribution is -0.129. The van der Waals surface area contributed by atoms with Crippen molar-refractivity contribution in [2.24, 2.45) is 0 Å². The highest BCUT2D eigenvalue weighted by atomic mass is 16.5. The Kier molecular flexibility index (Phi) is 8.23. The number of phenols is 7. The van der Waals surface area contributed by atoms with E-state index in [4.69, 9.17) is 13.9 Å². The minimum absolute atomic E-state index is 0.0218. The number of esters is 2. The molecule has 13 nitrogen and oxygen atoms in total. The first-order valence-electron chi connectivity index (χ1n) is 13.1. The van der Waals surface area contributed by atoms with Gasteiger partial charge in [-0.25, -0.2) is 9.59 Å². The number of phenolic OH excluding ortho intramolecular Hbond substituents is 7. The molecule has 0 aliphatic carbocycles. The molecule has 0 unspecified atom stereocenters. The van der Waals surface area contributed by atoms with E-state index >= 15 is 0 Å².